The molecule has 0 saturated carbocycles. The second-order valence-corrected chi connectivity index (χ2v) is 6.87. The molecule has 0 fully saturated rings. The molecule has 5 nitrogen and oxygen atoms in total. The summed E-state index contributed by atoms with van der Waals surface area (Å²) in [6, 6.07) is 7.78. The Morgan fingerprint density at radius 1 is 1.16 bits per heavy atom. The number of aromatic hydroxyl groups is 2. The number of phenols is 2. The maximum atomic E-state index is 12.6. The average Bonchev–Trinajstić information content (AvgIpc) is 2.53. The number of phenolic OH excluding ortho intramolecular Hbond substituents is 2. The molecular formula is C20H18O5. The number of hydrogen-bond acceptors (Lipinski definition) is 5. The number of Topliss-reactive ketones (excluding diaryl/α,β-unsaturated/α-hetero) is 1. The minimum Gasteiger partial charge on any atom is -0.508 e. The van der Waals surface area contributed by atoms with Crippen LogP contribution in [0.2, 0.25) is 0 Å². The largest absolute Gasteiger partial charge is 0.508 e. The third-order valence-corrected chi connectivity index (χ3v) is 4.47. The van der Waals surface area contributed by atoms with Crippen LogP contribution < -0.4 is 9.47 Å². The molecule has 2 N–H and O–H groups in total. The molecular weight excluding hydrogens is 320 g/mol. The van der Waals surface area contributed by atoms with Gasteiger partial charge in [-0.3, -0.25) is 4.79 Å². The van der Waals surface area contributed by atoms with Crippen LogP contribution in [0.25, 0.3) is 6.08 Å². The van der Waals surface area contributed by atoms with E-state index in [0.717, 1.165) is 5.56 Å². The van der Waals surface area contributed by atoms with E-state index in [1.54, 1.807) is 18.2 Å². The maximum absolute atomic E-state index is 12.6. The second-order valence-electron chi connectivity index (χ2n) is 6.87. The Balaban J connectivity index is 1.78. The molecule has 2 aromatic rings. The summed E-state index contributed by atoms with van der Waals surface area (Å²) in [6.07, 6.45) is 3.34. The Hall–Kier alpha value is -2.95. The van der Waals surface area contributed by atoms with E-state index in [1.807, 2.05) is 26.0 Å². The van der Waals surface area contributed by atoms with E-state index in [4.69, 9.17) is 9.47 Å². The molecule has 2 aromatic carbocycles. The van der Waals surface area contributed by atoms with Gasteiger partial charge in [0.25, 0.3) is 0 Å². The van der Waals surface area contributed by atoms with Crippen molar-refractivity contribution in [2.24, 2.45) is 0 Å². The molecule has 2 aliphatic heterocycles. The van der Waals surface area contributed by atoms with E-state index in [0.29, 0.717) is 22.6 Å². The molecule has 4 rings (SSSR count). The van der Waals surface area contributed by atoms with Crippen LogP contribution in [-0.4, -0.2) is 21.6 Å². The number of hydrogen-bond donors (Lipinski definition) is 2. The van der Waals surface area contributed by atoms with Gasteiger partial charge in [-0.15, -0.1) is 0 Å². The molecule has 0 aromatic heterocycles. The third-order valence-electron chi connectivity index (χ3n) is 4.47. The zero-order valence-corrected chi connectivity index (χ0v) is 13.9. The highest BCUT2D eigenvalue weighted by molar-refractivity contribution is 6.01. The summed E-state index contributed by atoms with van der Waals surface area (Å²) in [4.78, 5) is 12.6. The van der Waals surface area contributed by atoms with Crippen LogP contribution in [0.3, 0.4) is 0 Å². The summed E-state index contributed by atoms with van der Waals surface area (Å²) < 4.78 is 12.0. The molecule has 0 saturated heterocycles. The van der Waals surface area contributed by atoms with Crippen LogP contribution in [0.5, 0.6) is 23.0 Å². The Morgan fingerprint density at radius 2 is 1.96 bits per heavy atom. The summed E-state index contributed by atoms with van der Waals surface area (Å²) in [7, 11) is 0. The van der Waals surface area contributed by atoms with E-state index in [9.17, 15) is 15.0 Å². The first kappa shape index (κ1) is 15.6. The van der Waals surface area contributed by atoms with Crippen LogP contribution in [0.1, 0.15) is 47.9 Å². The second kappa shape index (κ2) is 5.28. The van der Waals surface area contributed by atoms with Crippen LogP contribution in [0.4, 0.5) is 0 Å². The first-order chi connectivity index (χ1) is 11.8. The van der Waals surface area contributed by atoms with Gasteiger partial charge in [-0.1, -0.05) is 0 Å². The van der Waals surface area contributed by atoms with Gasteiger partial charge in [-0.25, -0.2) is 0 Å². The van der Waals surface area contributed by atoms with Crippen molar-refractivity contribution >= 4 is 11.9 Å². The van der Waals surface area contributed by atoms with Gasteiger partial charge in [-0.2, -0.15) is 0 Å². The van der Waals surface area contributed by atoms with Crippen molar-refractivity contribution in [3.05, 3.63) is 53.1 Å². The van der Waals surface area contributed by atoms with E-state index in [-0.39, 0.29) is 23.7 Å². The van der Waals surface area contributed by atoms with Gasteiger partial charge in [0.05, 0.1) is 17.5 Å². The monoisotopic (exact) mass is 338 g/mol. The topological polar surface area (TPSA) is 76.0 Å². The minimum absolute atomic E-state index is 0.0419. The summed E-state index contributed by atoms with van der Waals surface area (Å²) in [6.45, 7) is 3.91. The smallest absolute Gasteiger partial charge is 0.170 e. The number of carbonyl (C=O) groups is 1. The summed E-state index contributed by atoms with van der Waals surface area (Å²) in [5.74, 6) is 0.936. The molecule has 2 heterocycles. The highest BCUT2D eigenvalue weighted by Gasteiger charge is 2.33. The first-order valence-corrected chi connectivity index (χ1v) is 8.11. The number of ketones is 1. The van der Waals surface area contributed by atoms with Gasteiger partial charge in [0.15, 0.2) is 5.78 Å². The number of benzene rings is 2. The Kier molecular flexibility index (Phi) is 3.29. The predicted octanol–water partition coefficient (Wildman–Crippen LogP) is 3.99. The van der Waals surface area contributed by atoms with Crippen molar-refractivity contribution in [1.29, 1.82) is 0 Å². The van der Waals surface area contributed by atoms with Gasteiger partial charge >= 0.3 is 0 Å². The number of ether oxygens (including phenoxy) is 2. The van der Waals surface area contributed by atoms with Gasteiger partial charge in [0.2, 0.25) is 0 Å². The Labute approximate surface area is 145 Å². The SMILES string of the molecule is CC1(C)C=Cc2c(ccc3c2O[C@H](c2ccc(O)cc2O)CC3=O)O1. The van der Waals surface area contributed by atoms with Gasteiger partial charge in [-0.05, 0) is 50.3 Å². The molecule has 0 amide bonds. The fourth-order valence-electron chi connectivity index (χ4n) is 3.22. The Bertz CT molecular complexity index is 911. The first-order valence-electron chi connectivity index (χ1n) is 8.11. The molecule has 0 spiro atoms. The summed E-state index contributed by atoms with van der Waals surface area (Å²) >= 11 is 0. The highest BCUT2D eigenvalue weighted by Crippen LogP contribution is 2.45. The lowest BCUT2D eigenvalue weighted by Crippen LogP contribution is -2.28. The summed E-state index contributed by atoms with van der Waals surface area (Å²) in [5, 5.41) is 19.6. The minimum atomic E-state index is -0.615. The maximum Gasteiger partial charge on any atom is 0.170 e. The van der Waals surface area contributed by atoms with Gasteiger partial charge < -0.3 is 19.7 Å². The molecule has 2 aliphatic rings. The van der Waals surface area contributed by atoms with E-state index in [2.05, 4.69) is 0 Å². The van der Waals surface area contributed by atoms with Crippen molar-refractivity contribution in [3.63, 3.8) is 0 Å². The average molecular weight is 338 g/mol. The van der Waals surface area contributed by atoms with Crippen molar-refractivity contribution in [2.75, 3.05) is 0 Å². The lowest BCUT2D eigenvalue weighted by molar-refractivity contribution is 0.0844. The third kappa shape index (κ3) is 2.61. The standard InChI is InChI=1S/C20H18O5/c1-20(2)8-7-14-17(25-20)6-5-13-16(23)10-18(24-19(13)14)12-4-3-11(21)9-15(12)22/h3-9,18,21-22H,10H2,1-2H3/t18-/m0/s1. The van der Waals surface area contributed by atoms with Gasteiger partial charge in [0, 0.05) is 11.6 Å². The van der Waals surface area contributed by atoms with E-state index < -0.39 is 11.7 Å². The fourth-order valence-corrected chi connectivity index (χ4v) is 3.22. The molecule has 128 valence electrons. The zero-order valence-electron chi connectivity index (χ0n) is 13.9. The molecule has 0 unspecified atom stereocenters. The molecule has 5 heteroatoms. The van der Waals surface area contributed by atoms with Crippen molar-refractivity contribution < 1.29 is 24.5 Å². The van der Waals surface area contributed by atoms with Crippen LogP contribution in [-0.2, 0) is 0 Å². The molecule has 0 bridgehead atoms. The molecule has 1 atom stereocenters. The number of fused-ring (bicyclic) bond motifs is 3. The van der Waals surface area contributed by atoms with Crippen molar-refractivity contribution in [2.45, 2.75) is 32.0 Å². The number of carbonyl (C=O) groups excluding carboxylic acids is 1. The zero-order chi connectivity index (χ0) is 17.8. The lowest BCUT2D eigenvalue weighted by Gasteiger charge is -2.32. The molecule has 0 aliphatic carbocycles. The van der Waals surface area contributed by atoms with Crippen molar-refractivity contribution in [1.82, 2.24) is 0 Å². The lowest BCUT2D eigenvalue weighted by atomic mass is 9.92. The normalized spacial score (nSPS) is 20.2. The van der Waals surface area contributed by atoms with E-state index >= 15 is 0 Å². The van der Waals surface area contributed by atoms with E-state index in [1.165, 1.54) is 12.1 Å². The molecule has 0 radical (unpaired) electrons. The Morgan fingerprint density at radius 3 is 2.72 bits per heavy atom. The van der Waals surface area contributed by atoms with Crippen LogP contribution in [0, 0.1) is 0 Å². The highest BCUT2D eigenvalue weighted by atomic mass is 16.5. The molecule has 25 heavy (non-hydrogen) atoms. The van der Waals surface area contributed by atoms with Crippen LogP contribution in [0.15, 0.2) is 36.4 Å². The van der Waals surface area contributed by atoms with Gasteiger partial charge in [0.1, 0.15) is 34.7 Å². The van der Waals surface area contributed by atoms with Crippen LogP contribution >= 0.6 is 0 Å². The van der Waals surface area contributed by atoms with Crippen molar-refractivity contribution in [3.8, 4) is 23.0 Å². The predicted molar refractivity (Wildman–Crippen MR) is 92.3 cm³/mol. The number of rotatable bonds is 1. The quantitative estimate of drug-likeness (QED) is 0.822. The summed E-state index contributed by atoms with van der Waals surface area (Å²) in [5.41, 5.74) is 1.29. The fraction of sp³-hybridized carbons (Fsp3) is 0.250.